The first-order chi connectivity index (χ1) is 5.59. The maximum absolute atomic E-state index is 3.63. The van der Waals surface area contributed by atoms with Crippen molar-refractivity contribution < 1.29 is 0 Å². The summed E-state index contributed by atoms with van der Waals surface area (Å²) in [6.07, 6.45) is 1.30. The molecule has 0 aliphatic carbocycles. The van der Waals surface area contributed by atoms with Crippen LogP contribution in [0, 0.1) is 5.92 Å². The van der Waals surface area contributed by atoms with E-state index in [9.17, 15) is 0 Å². The van der Waals surface area contributed by atoms with Gasteiger partial charge in [0.2, 0.25) is 0 Å². The summed E-state index contributed by atoms with van der Waals surface area (Å²) in [6.45, 7) is 9.28. The van der Waals surface area contributed by atoms with Crippen molar-refractivity contribution in [2.24, 2.45) is 5.92 Å². The predicted molar refractivity (Wildman–Crippen MR) is 53.3 cm³/mol. The zero-order chi connectivity index (χ0) is 9.14. The summed E-state index contributed by atoms with van der Waals surface area (Å²) in [6, 6.07) is 1.36. The Hall–Kier alpha value is -0.0800. The maximum Gasteiger partial charge on any atom is 0.0119 e. The molecule has 0 spiro atoms. The molecule has 72 valence electrons. The second kappa shape index (κ2) is 4.24. The number of nitrogens with zero attached hydrogens (tertiary/aromatic N) is 1. The molecule has 2 nitrogen and oxygen atoms in total. The van der Waals surface area contributed by atoms with Crippen LogP contribution >= 0.6 is 0 Å². The van der Waals surface area contributed by atoms with E-state index in [2.05, 4.69) is 38.0 Å². The number of piperidine rings is 1. The molecule has 0 bridgehead atoms. The highest BCUT2D eigenvalue weighted by molar-refractivity contribution is 4.82. The smallest absolute Gasteiger partial charge is 0.0119 e. The topological polar surface area (TPSA) is 15.3 Å². The maximum atomic E-state index is 3.63. The van der Waals surface area contributed by atoms with Crippen molar-refractivity contribution in [2.45, 2.75) is 39.3 Å². The Morgan fingerprint density at radius 3 is 2.58 bits per heavy atom. The molecular formula is C10H22N2. The zero-order valence-corrected chi connectivity index (χ0v) is 8.80. The van der Waals surface area contributed by atoms with Gasteiger partial charge in [0.05, 0.1) is 0 Å². The number of nitrogens with one attached hydrogen (secondary N) is 1. The average Bonchev–Trinajstić information content (AvgIpc) is 1.94. The molecule has 0 aromatic carbocycles. The summed E-state index contributed by atoms with van der Waals surface area (Å²) < 4.78 is 0. The highest BCUT2D eigenvalue weighted by Gasteiger charge is 2.23. The lowest BCUT2D eigenvalue weighted by molar-refractivity contribution is 0.169. The van der Waals surface area contributed by atoms with Gasteiger partial charge in [-0.25, -0.2) is 0 Å². The third-order valence-electron chi connectivity index (χ3n) is 2.66. The average molecular weight is 170 g/mol. The Morgan fingerprint density at radius 2 is 2.08 bits per heavy atom. The van der Waals surface area contributed by atoms with Crippen LogP contribution in [0.15, 0.2) is 0 Å². The van der Waals surface area contributed by atoms with Gasteiger partial charge < -0.3 is 10.2 Å². The van der Waals surface area contributed by atoms with Crippen molar-refractivity contribution in [3.63, 3.8) is 0 Å². The van der Waals surface area contributed by atoms with Gasteiger partial charge in [-0.05, 0) is 25.9 Å². The van der Waals surface area contributed by atoms with Gasteiger partial charge >= 0.3 is 0 Å². The quantitative estimate of drug-likeness (QED) is 0.672. The fraction of sp³-hybridized carbons (Fsp3) is 1.00. The van der Waals surface area contributed by atoms with Crippen LogP contribution in [-0.4, -0.2) is 37.1 Å². The number of likely N-dealkylation sites (tertiary alicyclic amines) is 1. The number of rotatable bonds is 2. The lowest BCUT2D eigenvalue weighted by Gasteiger charge is -2.36. The fourth-order valence-electron chi connectivity index (χ4n) is 2.03. The Labute approximate surface area is 76.3 Å². The van der Waals surface area contributed by atoms with Crippen LogP contribution in [0.5, 0.6) is 0 Å². The lowest BCUT2D eigenvalue weighted by atomic mass is 9.94. The van der Waals surface area contributed by atoms with Crippen LogP contribution in [0.1, 0.15) is 27.2 Å². The van der Waals surface area contributed by atoms with E-state index in [0.29, 0.717) is 6.04 Å². The second-order valence-electron chi connectivity index (χ2n) is 4.46. The first kappa shape index (κ1) is 10.0. The largest absolute Gasteiger partial charge is 0.311 e. The normalized spacial score (nSPS) is 32.8. The van der Waals surface area contributed by atoms with Crippen molar-refractivity contribution in [2.75, 3.05) is 20.1 Å². The van der Waals surface area contributed by atoms with Crippen molar-refractivity contribution in [1.29, 1.82) is 0 Å². The van der Waals surface area contributed by atoms with Crippen LogP contribution in [0.4, 0.5) is 0 Å². The first-order valence-corrected chi connectivity index (χ1v) is 5.04. The summed E-state index contributed by atoms with van der Waals surface area (Å²) in [5, 5.41) is 3.63. The van der Waals surface area contributed by atoms with Crippen LogP contribution in [-0.2, 0) is 0 Å². The van der Waals surface area contributed by atoms with Gasteiger partial charge in [0.1, 0.15) is 0 Å². The molecule has 0 aromatic heterocycles. The number of hydrogen-bond donors (Lipinski definition) is 1. The number of hydrogen-bond acceptors (Lipinski definition) is 2. The Kier molecular flexibility index (Phi) is 3.53. The standard InChI is InChI=1S/C10H22N2/c1-8(2)11-10-5-6-12(4)7-9(10)3/h8-11H,5-7H2,1-4H3/t9-,10?/m0/s1. The van der Waals surface area contributed by atoms with Crippen molar-refractivity contribution in [3.8, 4) is 0 Å². The molecule has 0 saturated carbocycles. The fourth-order valence-corrected chi connectivity index (χ4v) is 2.03. The SMILES string of the molecule is CC(C)NC1CCN(C)C[C@@H]1C. The summed E-state index contributed by atoms with van der Waals surface area (Å²) in [4.78, 5) is 2.42. The third kappa shape index (κ3) is 2.76. The monoisotopic (exact) mass is 170 g/mol. The first-order valence-electron chi connectivity index (χ1n) is 5.04. The van der Waals surface area contributed by atoms with Gasteiger partial charge in [-0.1, -0.05) is 20.8 Å². The molecule has 1 unspecified atom stereocenters. The van der Waals surface area contributed by atoms with Gasteiger partial charge in [0, 0.05) is 18.6 Å². The summed E-state index contributed by atoms with van der Waals surface area (Å²) in [5.74, 6) is 0.797. The highest BCUT2D eigenvalue weighted by Crippen LogP contribution is 2.15. The van der Waals surface area contributed by atoms with Gasteiger partial charge in [0.15, 0.2) is 0 Å². The minimum atomic E-state index is 0.626. The molecule has 2 heteroatoms. The van der Waals surface area contributed by atoms with Crippen molar-refractivity contribution in [3.05, 3.63) is 0 Å². The van der Waals surface area contributed by atoms with E-state index >= 15 is 0 Å². The highest BCUT2D eigenvalue weighted by atomic mass is 15.1. The predicted octanol–water partition coefficient (Wildman–Crippen LogP) is 1.32. The molecule has 1 N–H and O–H groups in total. The summed E-state index contributed by atoms with van der Waals surface area (Å²) in [7, 11) is 2.21. The summed E-state index contributed by atoms with van der Waals surface area (Å²) >= 11 is 0. The molecule has 2 atom stereocenters. The molecule has 1 fully saturated rings. The minimum absolute atomic E-state index is 0.626. The van der Waals surface area contributed by atoms with E-state index in [4.69, 9.17) is 0 Å². The van der Waals surface area contributed by atoms with E-state index in [-0.39, 0.29) is 0 Å². The van der Waals surface area contributed by atoms with Crippen LogP contribution in [0.2, 0.25) is 0 Å². The van der Waals surface area contributed by atoms with Crippen LogP contribution < -0.4 is 5.32 Å². The molecule has 0 radical (unpaired) electrons. The van der Waals surface area contributed by atoms with E-state index in [1.54, 1.807) is 0 Å². The van der Waals surface area contributed by atoms with Crippen molar-refractivity contribution >= 4 is 0 Å². The second-order valence-corrected chi connectivity index (χ2v) is 4.46. The molecule has 1 saturated heterocycles. The minimum Gasteiger partial charge on any atom is -0.311 e. The van der Waals surface area contributed by atoms with E-state index in [1.165, 1.54) is 19.5 Å². The molecule has 0 aromatic rings. The molecule has 12 heavy (non-hydrogen) atoms. The van der Waals surface area contributed by atoms with Crippen LogP contribution in [0.3, 0.4) is 0 Å². The third-order valence-corrected chi connectivity index (χ3v) is 2.66. The van der Waals surface area contributed by atoms with Gasteiger partial charge in [-0.3, -0.25) is 0 Å². The molecule has 1 aliphatic heterocycles. The van der Waals surface area contributed by atoms with Crippen LogP contribution in [0.25, 0.3) is 0 Å². The molecule has 0 amide bonds. The molecule has 1 rings (SSSR count). The van der Waals surface area contributed by atoms with E-state index in [0.717, 1.165) is 12.0 Å². The van der Waals surface area contributed by atoms with Gasteiger partial charge in [0.25, 0.3) is 0 Å². The van der Waals surface area contributed by atoms with Crippen molar-refractivity contribution in [1.82, 2.24) is 10.2 Å². The van der Waals surface area contributed by atoms with E-state index in [1.807, 2.05) is 0 Å². The summed E-state index contributed by atoms with van der Waals surface area (Å²) in [5.41, 5.74) is 0. The Morgan fingerprint density at radius 1 is 1.42 bits per heavy atom. The molecular weight excluding hydrogens is 148 g/mol. The van der Waals surface area contributed by atoms with E-state index < -0.39 is 0 Å². The van der Waals surface area contributed by atoms with Gasteiger partial charge in [-0.2, -0.15) is 0 Å². The van der Waals surface area contributed by atoms with Gasteiger partial charge in [-0.15, -0.1) is 0 Å². The molecule has 1 aliphatic rings. The molecule has 1 heterocycles. The Bertz CT molecular complexity index is 134. The Balaban J connectivity index is 2.34. The lowest BCUT2D eigenvalue weighted by Crippen LogP contribution is -2.48. The zero-order valence-electron chi connectivity index (χ0n) is 8.80.